The molecule has 8 nitrogen and oxygen atoms in total. The number of nitrogens with one attached hydrogen (secondary N) is 1. The molecule has 6 rings (SSSR count). The highest BCUT2D eigenvalue weighted by Gasteiger charge is 2.53. The molecular weight excluding hydrogens is 581 g/mol. The quantitative estimate of drug-likeness (QED) is 0.290. The van der Waals surface area contributed by atoms with E-state index in [9.17, 15) is 31.5 Å². The van der Waals surface area contributed by atoms with Crippen molar-refractivity contribution in [3.63, 3.8) is 0 Å². The van der Waals surface area contributed by atoms with Gasteiger partial charge in [0, 0.05) is 18.1 Å². The topological polar surface area (TPSA) is 92.3 Å². The molecule has 2 saturated carbocycles. The molecule has 2 heterocycles. The van der Waals surface area contributed by atoms with E-state index >= 15 is 0 Å². The summed E-state index contributed by atoms with van der Waals surface area (Å²) in [7, 11) is 0. The summed E-state index contributed by atoms with van der Waals surface area (Å²) in [5, 5.41) is 3.06. The summed E-state index contributed by atoms with van der Waals surface area (Å²) in [5.41, 5.74) is 0.0296. The van der Waals surface area contributed by atoms with Crippen LogP contribution in [-0.4, -0.2) is 37.2 Å². The molecule has 2 fully saturated rings. The number of halogens is 5. The average molecular weight is 612 g/mol. The zero-order valence-corrected chi connectivity index (χ0v) is 23.2. The van der Waals surface area contributed by atoms with E-state index in [4.69, 9.17) is 9.47 Å². The van der Waals surface area contributed by atoms with Crippen molar-refractivity contribution < 1.29 is 55.2 Å². The van der Waals surface area contributed by atoms with Crippen molar-refractivity contribution in [2.45, 2.75) is 82.1 Å². The average Bonchev–Trinajstić information content (AvgIpc) is 3.69. The predicted octanol–water partition coefficient (Wildman–Crippen LogP) is 6.32. The van der Waals surface area contributed by atoms with E-state index in [-0.39, 0.29) is 41.0 Å². The Morgan fingerprint density at radius 1 is 0.977 bits per heavy atom. The lowest BCUT2D eigenvalue weighted by molar-refractivity contribution is -0.286. The van der Waals surface area contributed by atoms with Gasteiger partial charge in [-0.1, -0.05) is 6.07 Å². The highest BCUT2D eigenvalue weighted by Crippen LogP contribution is 2.53. The van der Waals surface area contributed by atoms with Crippen molar-refractivity contribution in [3.8, 4) is 23.0 Å². The monoisotopic (exact) mass is 611 g/mol. The van der Waals surface area contributed by atoms with Crippen LogP contribution in [0.2, 0.25) is 0 Å². The second-order valence-electron chi connectivity index (χ2n) is 11.4. The van der Waals surface area contributed by atoms with Crippen molar-refractivity contribution in [1.29, 1.82) is 0 Å². The van der Waals surface area contributed by atoms with Crippen LogP contribution in [0.15, 0.2) is 36.4 Å². The lowest BCUT2D eigenvalue weighted by Gasteiger charge is -2.39. The minimum atomic E-state index is -4.89. The number of hydrogen-bond acceptors (Lipinski definition) is 7. The SMILES string of the molecule is CCOC(=O)[C@H]1CC[C@H]([C@H]2C[C@@H](NC(=O)C3(c4ccc5c(c4)OC(F)(F)O5)CC3)c3ccc(OC(F)(F)F)cc3O2)CC1. The maximum atomic E-state index is 13.8. The van der Waals surface area contributed by atoms with Crippen LogP contribution in [0.4, 0.5) is 22.0 Å². The number of amides is 1. The molecule has 1 amide bonds. The zero-order chi connectivity index (χ0) is 30.6. The van der Waals surface area contributed by atoms with Gasteiger partial charge in [-0.3, -0.25) is 9.59 Å². The van der Waals surface area contributed by atoms with Gasteiger partial charge in [0.15, 0.2) is 11.5 Å². The van der Waals surface area contributed by atoms with Crippen LogP contribution in [-0.2, 0) is 19.7 Å². The van der Waals surface area contributed by atoms with E-state index in [1.54, 1.807) is 13.0 Å². The van der Waals surface area contributed by atoms with Gasteiger partial charge in [-0.15, -0.1) is 22.0 Å². The Morgan fingerprint density at radius 3 is 2.37 bits per heavy atom. The molecule has 0 unspecified atom stereocenters. The van der Waals surface area contributed by atoms with Gasteiger partial charge in [-0.25, -0.2) is 0 Å². The lowest BCUT2D eigenvalue weighted by Crippen LogP contribution is -2.43. The van der Waals surface area contributed by atoms with Gasteiger partial charge >= 0.3 is 18.6 Å². The molecule has 43 heavy (non-hydrogen) atoms. The highest BCUT2D eigenvalue weighted by atomic mass is 19.4. The normalized spacial score (nSPS) is 26.5. The van der Waals surface area contributed by atoms with Gasteiger partial charge in [0.1, 0.15) is 17.6 Å². The molecule has 2 aliphatic heterocycles. The minimum absolute atomic E-state index is 0.00386. The summed E-state index contributed by atoms with van der Waals surface area (Å²) in [4.78, 5) is 26.0. The molecule has 0 bridgehead atoms. The molecule has 232 valence electrons. The first-order valence-electron chi connectivity index (χ1n) is 14.3. The number of esters is 1. The third-order valence-corrected chi connectivity index (χ3v) is 8.70. The number of rotatable bonds is 7. The van der Waals surface area contributed by atoms with Crippen LogP contribution >= 0.6 is 0 Å². The summed E-state index contributed by atoms with van der Waals surface area (Å²) >= 11 is 0. The van der Waals surface area contributed by atoms with Crippen LogP contribution < -0.4 is 24.3 Å². The Balaban J connectivity index is 1.22. The maximum absolute atomic E-state index is 13.8. The van der Waals surface area contributed by atoms with Gasteiger partial charge < -0.3 is 29.0 Å². The molecule has 2 aromatic rings. The summed E-state index contributed by atoms with van der Waals surface area (Å²) in [6.07, 6.45) is -5.33. The molecule has 0 radical (unpaired) electrons. The number of alkyl halides is 5. The zero-order valence-electron chi connectivity index (χ0n) is 23.2. The lowest BCUT2D eigenvalue weighted by atomic mass is 9.76. The van der Waals surface area contributed by atoms with Crippen molar-refractivity contribution in [3.05, 3.63) is 47.5 Å². The smallest absolute Gasteiger partial charge is 0.490 e. The van der Waals surface area contributed by atoms with Gasteiger partial charge in [0.05, 0.1) is 24.0 Å². The maximum Gasteiger partial charge on any atom is 0.586 e. The van der Waals surface area contributed by atoms with E-state index in [0.29, 0.717) is 62.7 Å². The van der Waals surface area contributed by atoms with Crippen molar-refractivity contribution in [2.24, 2.45) is 11.8 Å². The summed E-state index contributed by atoms with van der Waals surface area (Å²) in [5.74, 6) is -1.35. The van der Waals surface area contributed by atoms with Crippen molar-refractivity contribution >= 4 is 11.9 Å². The Morgan fingerprint density at radius 2 is 1.70 bits per heavy atom. The van der Waals surface area contributed by atoms with E-state index in [1.807, 2.05) is 0 Å². The Labute approximate surface area is 243 Å². The molecule has 0 spiro atoms. The van der Waals surface area contributed by atoms with E-state index < -0.39 is 36.0 Å². The summed E-state index contributed by atoms with van der Waals surface area (Å²) in [6.45, 7) is 2.05. The molecule has 0 aromatic heterocycles. The van der Waals surface area contributed by atoms with Crippen LogP contribution in [0, 0.1) is 11.8 Å². The third-order valence-electron chi connectivity index (χ3n) is 8.70. The predicted molar refractivity (Wildman–Crippen MR) is 139 cm³/mol. The number of hydrogen-bond donors (Lipinski definition) is 1. The number of fused-ring (bicyclic) bond motifs is 2. The molecule has 4 aliphatic rings. The largest absolute Gasteiger partial charge is 0.586 e. The highest BCUT2D eigenvalue weighted by molar-refractivity contribution is 5.92. The van der Waals surface area contributed by atoms with Crippen molar-refractivity contribution in [1.82, 2.24) is 5.32 Å². The first-order valence-corrected chi connectivity index (χ1v) is 14.3. The van der Waals surface area contributed by atoms with Crippen LogP contribution in [0.25, 0.3) is 0 Å². The summed E-state index contributed by atoms with van der Waals surface area (Å²) in [6, 6.07) is 7.46. The first-order chi connectivity index (χ1) is 20.4. The molecule has 13 heteroatoms. The molecule has 2 aromatic carbocycles. The van der Waals surface area contributed by atoms with E-state index in [1.165, 1.54) is 30.3 Å². The fraction of sp³-hybridized carbons (Fsp3) is 0.533. The fourth-order valence-electron chi connectivity index (χ4n) is 6.40. The number of carbonyl (C=O) groups is 2. The van der Waals surface area contributed by atoms with Crippen LogP contribution in [0.1, 0.15) is 69.0 Å². The Hall–Kier alpha value is -3.77. The second kappa shape index (κ2) is 10.7. The van der Waals surface area contributed by atoms with Crippen LogP contribution in [0.3, 0.4) is 0 Å². The third kappa shape index (κ3) is 6.03. The Kier molecular flexibility index (Phi) is 7.32. The van der Waals surface area contributed by atoms with E-state index in [0.717, 1.165) is 0 Å². The molecule has 2 aliphatic carbocycles. The van der Waals surface area contributed by atoms with Gasteiger partial charge in [0.2, 0.25) is 5.91 Å². The van der Waals surface area contributed by atoms with Gasteiger partial charge in [-0.2, -0.15) is 0 Å². The molecule has 2 atom stereocenters. The Bertz CT molecular complexity index is 1400. The first kappa shape index (κ1) is 29.3. The summed E-state index contributed by atoms with van der Waals surface area (Å²) < 4.78 is 90.5. The molecular formula is C30H30F5NO7. The molecule has 0 saturated heterocycles. The van der Waals surface area contributed by atoms with E-state index in [2.05, 4.69) is 19.5 Å². The molecule has 1 N–H and O–H groups in total. The number of ether oxygens (including phenoxy) is 5. The number of carbonyl (C=O) groups excluding carboxylic acids is 2. The van der Waals surface area contributed by atoms with Crippen molar-refractivity contribution in [2.75, 3.05) is 6.61 Å². The fourth-order valence-corrected chi connectivity index (χ4v) is 6.40. The minimum Gasteiger partial charge on any atom is -0.490 e. The number of benzene rings is 2. The standard InChI is InChI=1S/C30H30F5NO7/c1-2-39-26(37)17-5-3-16(4-6-17)23-15-21(20-9-8-19(14-24(20)40-23)41-29(31,32)33)36-27(38)28(11-12-28)18-7-10-22-25(13-18)43-30(34,35)42-22/h7-10,13-14,16-17,21,23H,2-6,11-12,15H2,1H3,(H,36,38)/t16-,17-,21-,23-/m1/s1. The van der Waals surface area contributed by atoms with Gasteiger partial charge in [-0.05, 0) is 81.2 Å². The van der Waals surface area contributed by atoms with Gasteiger partial charge in [0.25, 0.3) is 0 Å². The van der Waals surface area contributed by atoms with Crippen LogP contribution in [0.5, 0.6) is 23.0 Å². The second-order valence-corrected chi connectivity index (χ2v) is 11.4.